The number of nitrogens with zero attached hydrogens (tertiary/aromatic N) is 3. The Morgan fingerprint density at radius 3 is 2.90 bits per heavy atom. The van der Waals surface area contributed by atoms with Gasteiger partial charge in [-0.25, -0.2) is 9.78 Å². The first kappa shape index (κ1) is 12.7. The van der Waals surface area contributed by atoms with Gasteiger partial charge in [-0.1, -0.05) is 30.3 Å². The van der Waals surface area contributed by atoms with Crippen LogP contribution < -0.4 is 0 Å². The fourth-order valence-corrected chi connectivity index (χ4v) is 2.38. The first-order valence-electron chi connectivity index (χ1n) is 6.70. The highest BCUT2D eigenvalue weighted by atomic mass is 16.6. The van der Waals surface area contributed by atoms with Gasteiger partial charge in [-0.05, 0) is 12.5 Å². The first-order chi connectivity index (χ1) is 9.74. The smallest absolute Gasteiger partial charge is 0.410 e. The fraction of sp³-hybridized carbons (Fsp3) is 0.333. The van der Waals surface area contributed by atoms with Crippen LogP contribution in [0.2, 0.25) is 0 Å². The van der Waals surface area contributed by atoms with Gasteiger partial charge in [0.05, 0.1) is 6.54 Å². The van der Waals surface area contributed by atoms with Gasteiger partial charge in [0, 0.05) is 25.0 Å². The molecule has 0 aliphatic carbocycles. The summed E-state index contributed by atoms with van der Waals surface area (Å²) in [7, 11) is 0. The predicted octanol–water partition coefficient (Wildman–Crippen LogP) is 2.34. The Bertz CT molecular complexity index is 607. The molecular formula is C15H17N3O2. The Morgan fingerprint density at radius 1 is 1.30 bits per heavy atom. The van der Waals surface area contributed by atoms with Crippen molar-refractivity contribution in [3.8, 4) is 0 Å². The normalized spacial score (nSPS) is 13.9. The number of amides is 1. The molecule has 1 amide bonds. The van der Waals surface area contributed by atoms with E-state index < -0.39 is 0 Å². The lowest BCUT2D eigenvalue weighted by atomic mass is 10.2. The zero-order chi connectivity index (χ0) is 13.9. The van der Waals surface area contributed by atoms with Crippen LogP contribution in [0.3, 0.4) is 0 Å². The van der Waals surface area contributed by atoms with Gasteiger partial charge >= 0.3 is 6.09 Å². The average Bonchev–Trinajstić information content (AvgIpc) is 2.87. The number of carbonyl (C=O) groups is 1. The van der Waals surface area contributed by atoms with E-state index in [1.54, 1.807) is 4.90 Å². The molecule has 0 saturated carbocycles. The van der Waals surface area contributed by atoms with Crippen LogP contribution in [0.5, 0.6) is 0 Å². The number of imidazole rings is 1. The van der Waals surface area contributed by atoms with Crippen molar-refractivity contribution in [3.63, 3.8) is 0 Å². The van der Waals surface area contributed by atoms with Gasteiger partial charge < -0.3 is 9.30 Å². The molecular weight excluding hydrogens is 254 g/mol. The monoisotopic (exact) mass is 271 g/mol. The second-order valence-electron chi connectivity index (χ2n) is 4.93. The molecule has 0 unspecified atom stereocenters. The molecule has 3 rings (SSSR count). The molecule has 0 N–H and O–H groups in total. The molecule has 0 spiro atoms. The van der Waals surface area contributed by atoms with Gasteiger partial charge in [0.2, 0.25) is 0 Å². The third-order valence-corrected chi connectivity index (χ3v) is 3.53. The third-order valence-electron chi connectivity index (χ3n) is 3.53. The summed E-state index contributed by atoms with van der Waals surface area (Å²) in [5.74, 6) is 0.922. The quantitative estimate of drug-likeness (QED) is 0.842. The van der Waals surface area contributed by atoms with E-state index >= 15 is 0 Å². The molecule has 0 saturated heterocycles. The minimum atomic E-state index is -0.277. The molecule has 1 aromatic carbocycles. The van der Waals surface area contributed by atoms with Crippen molar-refractivity contribution >= 4 is 6.09 Å². The van der Waals surface area contributed by atoms with Crippen molar-refractivity contribution in [2.75, 3.05) is 6.54 Å². The number of hydrogen-bond donors (Lipinski definition) is 0. The minimum Gasteiger partial charge on any atom is -0.445 e. The van der Waals surface area contributed by atoms with Crippen molar-refractivity contribution in [1.82, 2.24) is 14.5 Å². The topological polar surface area (TPSA) is 47.4 Å². The average molecular weight is 271 g/mol. The molecule has 0 atom stereocenters. The second kappa shape index (κ2) is 5.36. The zero-order valence-electron chi connectivity index (χ0n) is 11.5. The number of benzene rings is 1. The number of hydrogen-bond acceptors (Lipinski definition) is 3. The molecule has 1 aliphatic rings. The molecule has 2 heterocycles. The molecule has 0 radical (unpaired) electrons. The molecule has 5 heteroatoms. The molecule has 2 aromatic rings. The van der Waals surface area contributed by atoms with Gasteiger partial charge in [0.25, 0.3) is 0 Å². The van der Waals surface area contributed by atoms with Crippen LogP contribution in [0.4, 0.5) is 4.79 Å². The second-order valence-corrected chi connectivity index (χ2v) is 4.93. The molecule has 0 bridgehead atoms. The fourth-order valence-electron chi connectivity index (χ4n) is 2.38. The maximum absolute atomic E-state index is 12.1. The van der Waals surface area contributed by atoms with Crippen molar-refractivity contribution in [2.24, 2.45) is 0 Å². The number of aromatic nitrogens is 2. The van der Waals surface area contributed by atoms with Crippen LogP contribution in [-0.4, -0.2) is 27.1 Å². The Hall–Kier alpha value is -2.30. The summed E-state index contributed by atoms with van der Waals surface area (Å²) >= 11 is 0. The van der Waals surface area contributed by atoms with E-state index in [1.807, 2.05) is 43.5 Å². The number of carbonyl (C=O) groups excluding carboxylic acids is 1. The highest BCUT2D eigenvalue weighted by Crippen LogP contribution is 2.14. The Labute approximate surface area is 117 Å². The lowest BCUT2D eigenvalue weighted by Crippen LogP contribution is -2.38. The Balaban J connectivity index is 1.59. The lowest BCUT2D eigenvalue weighted by Gasteiger charge is -2.27. The Morgan fingerprint density at radius 2 is 2.10 bits per heavy atom. The van der Waals surface area contributed by atoms with Crippen molar-refractivity contribution < 1.29 is 9.53 Å². The van der Waals surface area contributed by atoms with Gasteiger partial charge in [-0.3, -0.25) is 4.90 Å². The maximum Gasteiger partial charge on any atom is 0.410 e. The van der Waals surface area contributed by atoms with Crippen LogP contribution in [0.25, 0.3) is 0 Å². The first-order valence-corrected chi connectivity index (χ1v) is 6.70. The molecule has 1 aliphatic heterocycles. The van der Waals surface area contributed by atoms with Crippen molar-refractivity contribution in [1.29, 1.82) is 0 Å². The van der Waals surface area contributed by atoms with Crippen LogP contribution in [0, 0.1) is 6.92 Å². The van der Waals surface area contributed by atoms with E-state index in [2.05, 4.69) is 9.55 Å². The van der Waals surface area contributed by atoms with Gasteiger partial charge in [-0.2, -0.15) is 0 Å². The SMILES string of the molecule is Cc1cnc2n1CCN(C(=O)OCc1ccccc1)C2. The van der Waals surface area contributed by atoms with Crippen molar-refractivity contribution in [3.05, 3.63) is 53.6 Å². The largest absolute Gasteiger partial charge is 0.445 e. The van der Waals surface area contributed by atoms with Gasteiger partial charge in [0.1, 0.15) is 12.4 Å². The van der Waals surface area contributed by atoms with E-state index in [1.165, 1.54) is 0 Å². The van der Waals surface area contributed by atoms with Crippen LogP contribution >= 0.6 is 0 Å². The standard InChI is InChI=1S/C15H17N3O2/c1-12-9-16-14-10-17(7-8-18(12)14)15(19)20-11-13-5-3-2-4-6-13/h2-6,9H,7-8,10-11H2,1H3. The third kappa shape index (κ3) is 2.52. The number of ether oxygens (including phenoxy) is 1. The van der Waals surface area contributed by atoms with E-state index in [4.69, 9.17) is 4.74 Å². The summed E-state index contributed by atoms with van der Waals surface area (Å²) in [5, 5.41) is 0. The van der Waals surface area contributed by atoms with Gasteiger partial charge in [0.15, 0.2) is 0 Å². The van der Waals surface area contributed by atoms with Crippen molar-refractivity contribution in [2.45, 2.75) is 26.6 Å². The van der Waals surface area contributed by atoms with Crippen LogP contribution in [-0.2, 0) is 24.4 Å². The minimum absolute atomic E-state index is 0.277. The van der Waals surface area contributed by atoms with E-state index in [9.17, 15) is 4.79 Å². The molecule has 1 aromatic heterocycles. The summed E-state index contributed by atoms with van der Waals surface area (Å²) in [5.41, 5.74) is 2.13. The highest BCUT2D eigenvalue weighted by Gasteiger charge is 2.23. The predicted molar refractivity (Wildman–Crippen MR) is 74.0 cm³/mol. The summed E-state index contributed by atoms with van der Waals surface area (Å²) in [6.07, 6.45) is 1.56. The van der Waals surface area contributed by atoms with Gasteiger partial charge in [-0.15, -0.1) is 0 Å². The maximum atomic E-state index is 12.1. The number of fused-ring (bicyclic) bond motifs is 1. The van der Waals surface area contributed by atoms with E-state index in [0.717, 1.165) is 23.6 Å². The Kier molecular flexibility index (Phi) is 3.41. The highest BCUT2D eigenvalue weighted by molar-refractivity contribution is 5.67. The summed E-state index contributed by atoms with van der Waals surface area (Å²) in [6, 6.07) is 9.70. The zero-order valence-corrected chi connectivity index (χ0v) is 11.5. The van der Waals surface area contributed by atoms with Crippen LogP contribution in [0.1, 0.15) is 17.1 Å². The summed E-state index contributed by atoms with van der Waals surface area (Å²) < 4.78 is 7.48. The van der Waals surface area contributed by atoms with Crippen LogP contribution in [0.15, 0.2) is 36.5 Å². The lowest BCUT2D eigenvalue weighted by molar-refractivity contribution is 0.0860. The molecule has 5 nitrogen and oxygen atoms in total. The molecule has 0 fully saturated rings. The molecule has 20 heavy (non-hydrogen) atoms. The van der Waals surface area contributed by atoms with E-state index in [-0.39, 0.29) is 6.09 Å². The molecule has 104 valence electrons. The van der Waals surface area contributed by atoms with E-state index in [0.29, 0.717) is 19.7 Å². The summed E-state index contributed by atoms with van der Waals surface area (Å²) in [4.78, 5) is 18.1. The number of aryl methyl sites for hydroxylation is 1. The summed E-state index contributed by atoms with van der Waals surface area (Å²) in [6.45, 7) is 4.30. The number of rotatable bonds is 2.